The molecule has 0 spiro atoms. The largest absolute Gasteiger partial charge is 0.363 e. The van der Waals surface area contributed by atoms with Crippen LogP contribution in [0, 0.1) is 24.1 Å². The van der Waals surface area contributed by atoms with E-state index in [1.54, 1.807) is 24.9 Å². The molecule has 0 bridgehead atoms. The molecular formula is C25H23F3N6O. The Morgan fingerprint density at radius 1 is 1.29 bits per heavy atom. The molecule has 35 heavy (non-hydrogen) atoms. The number of anilines is 1. The van der Waals surface area contributed by atoms with Crippen molar-refractivity contribution < 1.29 is 18.0 Å². The van der Waals surface area contributed by atoms with E-state index in [1.165, 1.54) is 12.1 Å². The molecule has 0 aliphatic carbocycles. The van der Waals surface area contributed by atoms with Crippen LogP contribution in [0.5, 0.6) is 0 Å². The predicted octanol–water partition coefficient (Wildman–Crippen LogP) is 5.11. The Bertz CT molecular complexity index is 1350. The van der Waals surface area contributed by atoms with Gasteiger partial charge in [0.05, 0.1) is 23.1 Å². The summed E-state index contributed by atoms with van der Waals surface area (Å²) in [7, 11) is 0. The van der Waals surface area contributed by atoms with Crippen molar-refractivity contribution >= 4 is 28.3 Å². The number of hydrogen-bond acceptors (Lipinski definition) is 6. The van der Waals surface area contributed by atoms with Crippen LogP contribution in [0.3, 0.4) is 0 Å². The first-order chi connectivity index (χ1) is 16.8. The van der Waals surface area contributed by atoms with E-state index in [0.29, 0.717) is 42.2 Å². The highest BCUT2D eigenvalue weighted by atomic mass is 19.3. The minimum Gasteiger partial charge on any atom is -0.363 e. The van der Waals surface area contributed by atoms with Gasteiger partial charge in [0.15, 0.2) is 5.65 Å². The van der Waals surface area contributed by atoms with Crippen LogP contribution in [0.15, 0.2) is 36.5 Å². The average Bonchev–Trinajstić information content (AvgIpc) is 2.84. The van der Waals surface area contributed by atoms with Gasteiger partial charge in [-0.25, -0.2) is 28.1 Å². The van der Waals surface area contributed by atoms with Crippen LogP contribution in [0.4, 0.5) is 19.0 Å². The molecule has 3 aromatic rings. The van der Waals surface area contributed by atoms with Crippen LogP contribution in [-0.2, 0) is 4.79 Å². The first-order valence-electron chi connectivity index (χ1n) is 11.1. The highest BCUT2D eigenvalue weighted by Gasteiger charge is 2.22. The third-order valence-corrected chi connectivity index (χ3v) is 5.94. The zero-order valence-corrected chi connectivity index (χ0v) is 19.2. The van der Waals surface area contributed by atoms with Crippen LogP contribution in [-0.4, -0.2) is 38.8 Å². The quantitative estimate of drug-likeness (QED) is 0.527. The second kappa shape index (κ2) is 10.1. The van der Waals surface area contributed by atoms with Gasteiger partial charge in [0.1, 0.15) is 23.9 Å². The number of carbonyl (C=O) groups excluding carboxylic acids is 1. The number of pyridine rings is 1. The lowest BCUT2D eigenvalue weighted by atomic mass is 9.99. The highest BCUT2D eigenvalue weighted by Crippen LogP contribution is 2.31. The summed E-state index contributed by atoms with van der Waals surface area (Å²) in [6.45, 7) is 4.28. The van der Waals surface area contributed by atoms with Gasteiger partial charge < -0.3 is 10.2 Å². The number of alkyl halides is 2. The van der Waals surface area contributed by atoms with E-state index >= 15 is 0 Å². The van der Waals surface area contributed by atoms with Crippen LogP contribution in [0.25, 0.3) is 16.6 Å². The molecule has 180 valence electrons. The van der Waals surface area contributed by atoms with Crippen LogP contribution in [0.1, 0.15) is 54.7 Å². The van der Waals surface area contributed by atoms with Crippen molar-refractivity contribution in [3.8, 4) is 6.07 Å². The molecule has 1 N–H and O–H groups in total. The van der Waals surface area contributed by atoms with E-state index in [1.807, 2.05) is 18.2 Å². The minimum atomic E-state index is -2.91. The van der Waals surface area contributed by atoms with Gasteiger partial charge in [0.25, 0.3) is 6.43 Å². The lowest BCUT2D eigenvalue weighted by molar-refractivity contribution is -0.129. The Balaban J connectivity index is 1.65. The van der Waals surface area contributed by atoms with Crippen LogP contribution >= 0.6 is 0 Å². The molecular weight excluding hydrogens is 457 g/mol. The van der Waals surface area contributed by atoms with E-state index in [2.05, 4.69) is 20.3 Å². The van der Waals surface area contributed by atoms with Crippen molar-refractivity contribution in [3.63, 3.8) is 0 Å². The van der Waals surface area contributed by atoms with Crippen molar-refractivity contribution in [2.75, 3.05) is 18.4 Å². The van der Waals surface area contributed by atoms with E-state index in [0.717, 1.165) is 17.2 Å². The Morgan fingerprint density at radius 3 is 2.74 bits per heavy atom. The second-order valence-electron chi connectivity index (χ2n) is 8.29. The molecule has 1 atom stereocenters. The molecule has 7 nitrogen and oxygen atoms in total. The Morgan fingerprint density at radius 2 is 2.06 bits per heavy atom. The molecule has 2 aromatic heterocycles. The minimum absolute atomic E-state index is 0.105. The fourth-order valence-electron chi connectivity index (χ4n) is 4.10. The molecule has 4 rings (SSSR count). The number of rotatable bonds is 6. The zero-order valence-electron chi connectivity index (χ0n) is 19.2. The summed E-state index contributed by atoms with van der Waals surface area (Å²) in [5.41, 5.74) is 1.73. The van der Waals surface area contributed by atoms with Gasteiger partial charge in [-0.3, -0.25) is 4.79 Å². The first kappa shape index (κ1) is 24.1. The number of amides is 1. The number of nitrogens with one attached hydrogen (secondary N) is 1. The summed E-state index contributed by atoms with van der Waals surface area (Å²) in [6.07, 6.45) is 1.17. The molecule has 1 aliphatic heterocycles. The van der Waals surface area contributed by atoms with Crippen molar-refractivity contribution in [2.24, 2.45) is 0 Å². The monoisotopic (exact) mass is 480 g/mol. The number of nitrogens with zero attached hydrogens (tertiary/aromatic N) is 5. The Labute approximate surface area is 200 Å². The topological polar surface area (TPSA) is 94.8 Å². The number of aryl methyl sites for hydroxylation is 1. The lowest BCUT2D eigenvalue weighted by Gasteiger charge is -2.26. The standard InChI is InChI=1S/C25H23F3N6O/c1-14(18-4-3-5-19(22(18)26)23(27)28)31-25-20-12-17(13-30-24(20)32-15(2)33-25)16-7-10-34(11-8-16)21(35)6-9-29/h3-5,7,12-14,23H,6,8,10-11H2,1-2H3,(H,30,31,32,33). The van der Waals surface area contributed by atoms with Crippen molar-refractivity contribution in [1.82, 2.24) is 19.9 Å². The third-order valence-electron chi connectivity index (χ3n) is 5.94. The first-order valence-corrected chi connectivity index (χ1v) is 11.1. The summed E-state index contributed by atoms with van der Waals surface area (Å²) in [5.74, 6) is -0.276. The maximum absolute atomic E-state index is 14.7. The fourth-order valence-corrected chi connectivity index (χ4v) is 4.10. The van der Waals surface area contributed by atoms with Gasteiger partial charge >= 0.3 is 0 Å². The Kier molecular flexibility index (Phi) is 6.96. The molecule has 1 aliphatic rings. The number of aromatic nitrogens is 3. The normalized spacial score (nSPS) is 14.5. The predicted molar refractivity (Wildman–Crippen MR) is 125 cm³/mol. The van der Waals surface area contributed by atoms with Crippen molar-refractivity contribution in [3.05, 3.63) is 64.9 Å². The molecule has 10 heteroatoms. The fraction of sp³-hybridized carbons (Fsp3) is 0.320. The number of fused-ring (bicyclic) bond motifs is 1. The van der Waals surface area contributed by atoms with Crippen molar-refractivity contribution in [1.29, 1.82) is 5.26 Å². The summed E-state index contributed by atoms with van der Waals surface area (Å²) >= 11 is 0. The number of nitriles is 1. The SMILES string of the molecule is Cc1nc(NC(C)c2cccc(C(F)F)c2F)c2cc(C3=CCN(C(=O)CC#N)CC3)cnc2n1. The molecule has 3 heterocycles. The van der Waals surface area contributed by atoms with Gasteiger partial charge in [0, 0.05) is 24.8 Å². The maximum Gasteiger partial charge on any atom is 0.266 e. The molecule has 0 saturated carbocycles. The van der Waals surface area contributed by atoms with Crippen LogP contribution < -0.4 is 5.32 Å². The van der Waals surface area contributed by atoms with E-state index in [4.69, 9.17) is 5.26 Å². The van der Waals surface area contributed by atoms with Crippen molar-refractivity contribution in [2.45, 2.75) is 39.2 Å². The number of halogens is 3. The zero-order chi connectivity index (χ0) is 25.1. The summed E-state index contributed by atoms with van der Waals surface area (Å²) in [4.78, 5) is 26.9. The van der Waals surface area contributed by atoms with E-state index in [-0.39, 0.29) is 17.9 Å². The van der Waals surface area contributed by atoms with Gasteiger partial charge in [0.2, 0.25) is 5.91 Å². The lowest BCUT2D eigenvalue weighted by Crippen LogP contribution is -2.34. The van der Waals surface area contributed by atoms with Gasteiger partial charge in [-0.1, -0.05) is 24.3 Å². The second-order valence-corrected chi connectivity index (χ2v) is 8.29. The van der Waals surface area contributed by atoms with E-state index in [9.17, 15) is 18.0 Å². The third kappa shape index (κ3) is 5.09. The molecule has 0 fully saturated rings. The molecule has 0 radical (unpaired) electrons. The summed E-state index contributed by atoms with van der Waals surface area (Å²) in [5, 5.41) is 12.5. The molecule has 1 aromatic carbocycles. The molecule has 1 amide bonds. The Hall–Kier alpha value is -4.00. The average molecular weight is 480 g/mol. The summed E-state index contributed by atoms with van der Waals surface area (Å²) < 4.78 is 41.0. The number of benzene rings is 1. The number of carbonyl (C=O) groups is 1. The van der Waals surface area contributed by atoms with Crippen LogP contribution in [0.2, 0.25) is 0 Å². The number of hydrogen-bond donors (Lipinski definition) is 1. The molecule has 1 unspecified atom stereocenters. The van der Waals surface area contributed by atoms with Gasteiger partial charge in [-0.05, 0) is 37.5 Å². The highest BCUT2D eigenvalue weighted by molar-refractivity contribution is 5.89. The smallest absolute Gasteiger partial charge is 0.266 e. The maximum atomic E-state index is 14.7. The van der Waals surface area contributed by atoms with Gasteiger partial charge in [-0.15, -0.1) is 0 Å². The van der Waals surface area contributed by atoms with Gasteiger partial charge in [-0.2, -0.15) is 5.26 Å². The summed E-state index contributed by atoms with van der Waals surface area (Å²) in [6, 6.07) is 7.04. The molecule has 0 saturated heterocycles. The van der Waals surface area contributed by atoms with E-state index < -0.39 is 23.8 Å².